The molecule has 3 aromatic rings. The van der Waals surface area contributed by atoms with E-state index in [0.29, 0.717) is 31.0 Å². The Balaban J connectivity index is 1.16. The van der Waals surface area contributed by atoms with E-state index in [0.717, 1.165) is 37.5 Å². The van der Waals surface area contributed by atoms with Crippen molar-refractivity contribution in [3.63, 3.8) is 0 Å². The van der Waals surface area contributed by atoms with Crippen molar-refractivity contribution in [1.29, 1.82) is 0 Å². The summed E-state index contributed by atoms with van der Waals surface area (Å²) in [5.41, 5.74) is 4.11. The number of amides is 2. The van der Waals surface area contributed by atoms with Gasteiger partial charge in [0.25, 0.3) is 5.91 Å². The molecule has 1 aromatic heterocycles. The van der Waals surface area contributed by atoms with E-state index in [1.807, 2.05) is 17.0 Å². The number of likely N-dealkylation sites (N-methyl/N-ethyl adjacent to an activating group) is 1. The molecule has 2 aliphatic rings. The van der Waals surface area contributed by atoms with Gasteiger partial charge in [0, 0.05) is 31.7 Å². The van der Waals surface area contributed by atoms with Crippen LogP contribution in [0.2, 0.25) is 0 Å². The predicted octanol–water partition coefficient (Wildman–Crippen LogP) is 3.81. The van der Waals surface area contributed by atoms with Gasteiger partial charge in [0.1, 0.15) is 6.04 Å². The Morgan fingerprint density at radius 3 is 2.42 bits per heavy atom. The Morgan fingerprint density at radius 2 is 1.74 bits per heavy atom. The van der Waals surface area contributed by atoms with Gasteiger partial charge in [0.05, 0.1) is 18.1 Å². The van der Waals surface area contributed by atoms with Crippen molar-refractivity contribution in [1.82, 2.24) is 30.1 Å². The maximum Gasteiger partial charge on any atom is 0.251 e. The minimum absolute atomic E-state index is 0.0367. The number of piperazine rings is 1. The Hall–Kier alpha value is -3.52. The Kier molecular flexibility index (Phi) is 8.17. The number of carbonyl (C=O) groups excluding carboxylic acids is 2. The summed E-state index contributed by atoms with van der Waals surface area (Å²) >= 11 is 0. The summed E-state index contributed by atoms with van der Waals surface area (Å²) in [6, 6.07) is 15.6. The Morgan fingerprint density at radius 1 is 1.00 bits per heavy atom. The van der Waals surface area contributed by atoms with Gasteiger partial charge in [-0.05, 0) is 74.9 Å². The third-order valence-electron chi connectivity index (χ3n) is 7.98. The molecule has 8 nitrogen and oxygen atoms in total. The van der Waals surface area contributed by atoms with Gasteiger partial charge in [-0.3, -0.25) is 9.59 Å². The summed E-state index contributed by atoms with van der Waals surface area (Å²) < 4.78 is 1.64. The fraction of sp³-hybridized carbons (Fsp3) is 0.467. The van der Waals surface area contributed by atoms with E-state index in [-0.39, 0.29) is 11.8 Å². The van der Waals surface area contributed by atoms with E-state index in [1.54, 1.807) is 29.2 Å². The van der Waals surface area contributed by atoms with Gasteiger partial charge >= 0.3 is 0 Å². The minimum Gasteiger partial charge on any atom is -0.340 e. The van der Waals surface area contributed by atoms with Gasteiger partial charge in [0.2, 0.25) is 5.91 Å². The molecule has 3 atom stereocenters. The molecule has 2 heterocycles. The van der Waals surface area contributed by atoms with Crippen LogP contribution < -0.4 is 5.32 Å². The molecule has 38 heavy (non-hydrogen) atoms. The van der Waals surface area contributed by atoms with Crippen LogP contribution in [0.5, 0.6) is 0 Å². The highest BCUT2D eigenvalue weighted by Gasteiger charge is 2.37. The number of unbranched alkanes of at least 4 members (excludes halogenated alkanes) is 1. The lowest BCUT2D eigenvalue weighted by molar-refractivity contribution is -0.135. The molecular weight excluding hydrogens is 476 g/mol. The molecule has 2 amide bonds. The summed E-state index contributed by atoms with van der Waals surface area (Å²) in [6.45, 7) is 5.25. The van der Waals surface area contributed by atoms with Crippen molar-refractivity contribution in [3.8, 4) is 5.69 Å². The first-order valence-corrected chi connectivity index (χ1v) is 13.8. The maximum absolute atomic E-state index is 13.5. The zero-order valence-corrected chi connectivity index (χ0v) is 22.4. The monoisotopic (exact) mass is 514 g/mol. The van der Waals surface area contributed by atoms with E-state index in [9.17, 15) is 9.59 Å². The van der Waals surface area contributed by atoms with Gasteiger partial charge in [-0.2, -0.15) is 0 Å². The van der Waals surface area contributed by atoms with E-state index >= 15 is 0 Å². The first kappa shape index (κ1) is 26.1. The molecule has 8 heteroatoms. The van der Waals surface area contributed by atoms with Gasteiger partial charge in [-0.25, -0.2) is 4.68 Å². The standard InChI is InChI=1S/C30H38N6O2/c1-22-7-9-23(10-8-22)27-21-25(27)5-3-4-6-28(30(38)35-19-17-34(2)18-20-35)32-29(37)24-11-13-26(14-12-24)36-16-15-31-33-36/h7-16,25,27-28H,3-6,17-21H2,1-2H3,(H,32,37)/t25-,27+,28+/m1/s1. The molecule has 1 aliphatic carbocycles. The molecule has 2 fully saturated rings. The highest BCUT2D eigenvalue weighted by molar-refractivity contribution is 5.97. The van der Waals surface area contributed by atoms with Crippen molar-refractivity contribution in [2.24, 2.45) is 5.92 Å². The zero-order chi connectivity index (χ0) is 26.5. The van der Waals surface area contributed by atoms with Crippen LogP contribution in [0.15, 0.2) is 60.9 Å². The highest BCUT2D eigenvalue weighted by Crippen LogP contribution is 2.50. The largest absolute Gasteiger partial charge is 0.340 e. The fourth-order valence-electron chi connectivity index (χ4n) is 5.40. The lowest BCUT2D eigenvalue weighted by Crippen LogP contribution is -2.54. The summed E-state index contributed by atoms with van der Waals surface area (Å²) in [5, 5.41) is 10.9. The third kappa shape index (κ3) is 6.48. The van der Waals surface area contributed by atoms with Crippen molar-refractivity contribution in [3.05, 3.63) is 77.6 Å². The topological polar surface area (TPSA) is 83.4 Å². The van der Waals surface area contributed by atoms with Crippen LogP contribution >= 0.6 is 0 Å². The summed E-state index contributed by atoms with van der Waals surface area (Å²) in [4.78, 5) is 30.7. The van der Waals surface area contributed by atoms with Crippen molar-refractivity contribution in [2.45, 2.75) is 51.0 Å². The average molecular weight is 515 g/mol. The number of benzene rings is 2. The molecule has 0 radical (unpaired) electrons. The maximum atomic E-state index is 13.5. The van der Waals surface area contributed by atoms with E-state index in [1.165, 1.54) is 24.0 Å². The Labute approximate surface area is 225 Å². The van der Waals surface area contributed by atoms with Crippen LogP contribution in [0, 0.1) is 12.8 Å². The number of hydrogen-bond donors (Lipinski definition) is 1. The second-order valence-electron chi connectivity index (χ2n) is 10.8. The van der Waals surface area contributed by atoms with Crippen LogP contribution in [-0.4, -0.2) is 75.9 Å². The highest BCUT2D eigenvalue weighted by atomic mass is 16.2. The second-order valence-corrected chi connectivity index (χ2v) is 10.8. The third-order valence-corrected chi connectivity index (χ3v) is 7.98. The predicted molar refractivity (Wildman–Crippen MR) is 147 cm³/mol. The second kappa shape index (κ2) is 11.9. The van der Waals surface area contributed by atoms with Gasteiger partial charge in [-0.15, -0.1) is 5.10 Å². The number of aryl methyl sites for hydroxylation is 1. The number of carbonyl (C=O) groups is 2. The van der Waals surface area contributed by atoms with Gasteiger partial charge in [0.15, 0.2) is 0 Å². The number of aromatic nitrogens is 3. The first-order chi connectivity index (χ1) is 18.5. The zero-order valence-electron chi connectivity index (χ0n) is 22.4. The van der Waals surface area contributed by atoms with Crippen molar-refractivity contribution < 1.29 is 9.59 Å². The van der Waals surface area contributed by atoms with Crippen molar-refractivity contribution in [2.75, 3.05) is 33.2 Å². The molecule has 2 aromatic carbocycles. The van der Waals surface area contributed by atoms with Crippen LogP contribution in [-0.2, 0) is 4.79 Å². The quantitative estimate of drug-likeness (QED) is 0.416. The minimum atomic E-state index is -0.506. The summed E-state index contributed by atoms with van der Waals surface area (Å²) in [5.74, 6) is 1.24. The number of nitrogens with zero attached hydrogens (tertiary/aromatic N) is 5. The Bertz CT molecular complexity index is 1200. The fourth-order valence-corrected chi connectivity index (χ4v) is 5.40. The lowest BCUT2D eigenvalue weighted by atomic mass is 10.0. The van der Waals surface area contributed by atoms with Crippen LogP contribution in [0.4, 0.5) is 0 Å². The number of nitrogens with one attached hydrogen (secondary N) is 1. The summed E-state index contributed by atoms with van der Waals surface area (Å²) in [7, 11) is 2.08. The molecule has 5 rings (SSSR count). The molecule has 1 saturated heterocycles. The molecule has 0 bridgehead atoms. The van der Waals surface area contributed by atoms with Crippen LogP contribution in [0.3, 0.4) is 0 Å². The number of rotatable bonds is 10. The van der Waals surface area contributed by atoms with E-state index in [4.69, 9.17) is 0 Å². The molecule has 0 spiro atoms. The van der Waals surface area contributed by atoms with Crippen molar-refractivity contribution >= 4 is 11.8 Å². The van der Waals surface area contributed by atoms with Gasteiger partial charge in [-0.1, -0.05) is 47.9 Å². The first-order valence-electron chi connectivity index (χ1n) is 13.8. The van der Waals surface area contributed by atoms with E-state index in [2.05, 4.69) is 58.8 Å². The molecule has 1 aliphatic heterocycles. The molecule has 1 saturated carbocycles. The molecule has 200 valence electrons. The molecular formula is C30H38N6O2. The van der Waals surface area contributed by atoms with Crippen LogP contribution in [0.1, 0.15) is 59.5 Å². The number of hydrogen-bond acceptors (Lipinski definition) is 5. The molecule has 0 unspecified atom stereocenters. The van der Waals surface area contributed by atoms with E-state index < -0.39 is 6.04 Å². The van der Waals surface area contributed by atoms with Crippen LogP contribution in [0.25, 0.3) is 5.69 Å². The molecule has 1 N–H and O–H groups in total. The lowest BCUT2D eigenvalue weighted by Gasteiger charge is -2.34. The van der Waals surface area contributed by atoms with Gasteiger partial charge < -0.3 is 15.1 Å². The normalized spacial score (nSPS) is 20.2. The smallest absolute Gasteiger partial charge is 0.251 e. The SMILES string of the molecule is Cc1ccc([C@@H]2C[C@H]2CCCC[C@H](NC(=O)c2ccc(-n3ccnn3)cc2)C(=O)N2CCN(C)CC2)cc1. The summed E-state index contributed by atoms with van der Waals surface area (Å²) in [6.07, 6.45) is 8.45. The average Bonchev–Trinajstić information content (AvgIpc) is 3.49.